The summed E-state index contributed by atoms with van der Waals surface area (Å²) in [6.07, 6.45) is 1.08. The van der Waals surface area contributed by atoms with Gasteiger partial charge in [0.15, 0.2) is 5.96 Å². The Hall–Kier alpha value is -1.51. The van der Waals surface area contributed by atoms with Crippen molar-refractivity contribution in [1.29, 1.82) is 0 Å². The summed E-state index contributed by atoms with van der Waals surface area (Å²) in [6.45, 7) is 11.9. The Balaban J connectivity index is 2.24. The number of nitrogens with two attached hydrogens (primary N) is 1. The molecule has 2 atom stereocenters. The largest absolute Gasteiger partial charge is 0.370 e. The van der Waals surface area contributed by atoms with Gasteiger partial charge in [0, 0.05) is 6.04 Å². The van der Waals surface area contributed by atoms with E-state index in [4.69, 9.17) is 5.73 Å². The van der Waals surface area contributed by atoms with Crippen molar-refractivity contribution < 1.29 is 0 Å². The second-order valence-corrected chi connectivity index (χ2v) is 6.75. The highest BCUT2D eigenvalue weighted by Gasteiger charge is 2.30. The predicted molar refractivity (Wildman–Crippen MR) is 86.0 cm³/mol. The van der Waals surface area contributed by atoms with E-state index in [-0.39, 0.29) is 5.41 Å². The molecule has 2 N–H and O–H groups in total. The van der Waals surface area contributed by atoms with Gasteiger partial charge in [0.25, 0.3) is 0 Å². The zero-order valence-electron chi connectivity index (χ0n) is 13.4. The summed E-state index contributed by atoms with van der Waals surface area (Å²) < 4.78 is 0. The van der Waals surface area contributed by atoms with E-state index in [9.17, 15) is 0 Å². The minimum Gasteiger partial charge on any atom is -0.370 e. The van der Waals surface area contributed by atoms with Crippen LogP contribution in [0.15, 0.2) is 29.3 Å². The van der Waals surface area contributed by atoms with E-state index in [0.717, 1.165) is 13.0 Å². The molecule has 1 aliphatic heterocycles. The number of hydrogen-bond donors (Lipinski definition) is 1. The molecular weight excluding hydrogens is 246 g/mol. The lowest BCUT2D eigenvalue weighted by Gasteiger charge is -2.32. The number of nitrogens with zero attached hydrogens (tertiary/aromatic N) is 2. The smallest absolute Gasteiger partial charge is 0.192 e. The zero-order valence-corrected chi connectivity index (χ0v) is 13.4. The first-order valence-corrected chi connectivity index (χ1v) is 7.53. The molecule has 20 heavy (non-hydrogen) atoms. The third kappa shape index (κ3) is 2.82. The lowest BCUT2D eigenvalue weighted by Crippen LogP contribution is -2.42. The Morgan fingerprint density at radius 2 is 1.90 bits per heavy atom. The molecule has 0 aromatic heterocycles. The molecule has 0 fully saturated rings. The van der Waals surface area contributed by atoms with Crippen molar-refractivity contribution >= 4 is 5.96 Å². The lowest BCUT2D eigenvalue weighted by atomic mass is 9.86. The van der Waals surface area contributed by atoms with Crippen molar-refractivity contribution in [3.05, 3.63) is 35.4 Å². The SMILES string of the molecule is CCC(C)N1C(N)=NCC1c1ccc(C(C)(C)C)cc1. The second-order valence-electron chi connectivity index (χ2n) is 6.75. The number of aliphatic imine (C=N–C) groups is 1. The molecule has 3 heteroatoms. The number of rotatable bonds is 3. The molecule has 1 aromatic carbocycles. The topological polar surface area (TPSA) is 41.6 Å². The minimum absolute atomic E-state index is 0.195. The normalized spacial score (nSPS) is 20.9. The Bertz CT molecular complexity index is 482. The van der Waals surface area contributed by atoms with Crippen LogP contribution in [0.2, 0.25) is 0 Å². The van der Waals surface area contributed by atoms with Crippen LogP contribution in [0.4, 0.5) is 0 Å². The van der Waals surface area contributed by atoms with Gasteiger partial charge in [0.05, 0.1) is 12.6 Å². The van der Waals surface area contributed by atoms with Crippen LogP contribution in [0.3, 0.4) is 0 Å². The van der Waals surface area contributed by atoms with Gasteiger partial charge < -0.3 is 10.6 Å². The fourth-order valence-corrected chi connectivity index (χ4v) is 2.71. The van der Waals surface area contributed by atoms with Crippen molar-refractivity contribution in [3.63, 3.8) is 0 Å². The quantitative estimate of drug-likeness (QED) is 0.916. The standard InChI is InChI=1S/C17H27N3/c1-6-12(2)20-15(11-19-16(20)18)13-7-9-14(10-8-13)17(3,4)5/h7-10,12,15H,6,11H2,1-5H3,(H2,18,19). The third-order valence-electron chi connectivity index (χ3n) is 4.25. The van der Waals surface area contributed by atoms with Crippen molar-refractivity contribution in [3.8, 4) is 0 Å². The Morgan fingerprint density at radius 1 is 1.30 bits per heavy atom. The maximum atomic E-state index is 6.06. The summed E-state index contributed by atoms with van der Waals surface area (Å²) >= 11 is 0. The van der Waals surface area contributed by atoms with Crippen molar-refractivity contribution in [2.24, 2.45) is 10.7 Å². The molecule has 2 rings (SSSR count). The van der Waals surface area contributed by atoms with Gasteiger partial charge in [-0.2, -0.15) is 0 Å². The molecule has 0 spiro atoms. The average Bonchev–Trinajstić information content (AvgIpc) is 2.79. The highest BCUT2D eigenvalue weighted by atomic mass is 15.3. The Labute approximate surface area is 122 Å². The van der Waals surface area contributed by atoms with Gasteiger partial charge >= 0.3 is 0 Å². The lowest BCUT2D eigenvalue weighted by molar-refractivity contribution is 0.268. The first-order valence-electron chi connectivity index (χ1n) is 7.53. The maximum Gasteiger partial charge on any atom is 0.192 e. The second kappa shape index (κ2) is 5.47. The summed E-state index contributed by atoms with van der Waals surface area (Å²) in [5, 5.41) is 0. The van der Waals surface area contributed by atoms with Crippen LogP contribution in [0.5, 0.6) is 0 Å². The van der Waals surface area contributed by atoms with Crippen LogP contribution < -0.4 is 5.73 Å². The summed E-state index contributed by atoms with van der Waals surface area (Å²) in [4.78, 5) is 6.69. The van der Waals surface area contributed by atoms with Gasteiger partial charge in [-0.3, -0.25) is 4.99 Å². The molecule has 0 saturated carbocycles. The van der Waals surface area contributed by atoms with Crippen molar-refractivity contribution in [2.75, 3.05) is 6.54 Å². The van der Waals surface area contributed by atoms with E-state index in [1.54, 1.807) is 0 Å². The Kier molecular flexibility index (Phi) is 4.07. The van der Waals surface area contributed by atoms with Crippen LogP contribution in [-0.2, 0) is 5.41 Å². The molecule has 0 aliphatic carbocycles. The number of guanidine groups is 1. The van der Waals surface area contributed by atoms with Crippen LogP contribution in [0, 0.1) is 0 Å². The molecule has 110 valence electrons. The Morgan fingerprint density at radius 3 is 2.40 bits per heavy atom. The van der Waals surface area contributed by atoms with Gasteiger partial charge in [-0.25, -0.2) is 0 Å². The molecule has 1 heterocycles. The summed E-state index contributed by atoms with van der Waals surface area (Å²) in [5.74, 6) is 0.684. The molecule has 1 aliphatic rings. The number of hydrogen-bond acceptors (Lipinski definition) is 3. The minimum atomic E-state index is 0.195. The van der Waals surface area contributed by atoms with Gasteiger partial charge in [0.2, 0.25) is 0 Å². The molecule has 3 nitrogen and oxygen atoms in total. The van der Waals surface area contributed by atoms with E-state index in [0.29, 0.717) is 18.0 Å². The van der Waals surface area contributed by atoms with Gasteiger partial charge in [-0.15, -0.1) is 0 Å². The summed E-state index contributed by atoms with van der Waals surface area (Å²) in [5.41, 5.74) is 8.92. The molecule has 0 amide bonds. The predicted octanol–water partition coefficient (Wildman–Crippen LogP) is 3.45. The van der Waals surface area contributed by atoms with E-state index < -0.39 is 0 Å². The molecule has 2 unspecified atom stereocenters. The highest BCUT2D eigenvalue weighted by molar-refractivity contribution is 5.80. The van der Waals surface area contributed by atoms with Crippen molar-refractivity contribution in [2.45, 2.75) is 58.5 Å². The first-order chi connectivity index (χ1) is 9.34. The van der Waals surface area contributed by atoms with Gasteiger partial charge in [-0.1, -0.05) is 52.0 Å². The fourth-order valence-electron chi connectivity index (χ4n) is 2.71. The molecule has 0 radical (unpaired) electrons. The highest BCUT2D eigenvalue weighted by Crippen LogP contribution is 2.30. The van der Waals surface area contributed by atoms with Crippen LogP contribution >= 0.6 is 0 Å². The van der Waals surface area contributed by atoms with E-state index >= 15 is 0 Å². The van der Waals surface area contributed by atoms with Crippen LogP contribution in [0.25, 0.3) is 0 Å². The fraction of sp³-hybridized carbons (Fsp3) is 0.588. The monoisotopic (exact) mass is 273 g/mol. The molecular formula is C17H27N3. The summed E-state index contributed by atoms with van der Waals surface area (Å²) in [6, 6.07) is 9.65. The first kappa shape index (κ1) is 14.9. The molecule has 1 aromatic rings. The van der Waals surface area contributed by atoms with E-state index in [2.05, 4.69) is 68.8 Å². The third-order valence-corrected chi connectivity index (χ3v) is 4.25. The zero-order chi connectivity index (χ0) is 14.9. The van der Waals surface area contributed by atoms with Gasteiger partial charge in [-0.05, 0) is 29.9 Å². The van der Waals surface area contributed by atoms with E-state index in [1.165, 1.54) is 11.1 Å². The molecule has 0 bridgehead atoms. The van der Waals surface area contributed by atoms with Crippen LogP contribution in [-0.4, -0.2) is 23.4 Å². The maximum absolute atomic E-state index is 6.06. The van der Waals surface area contributed by atoms with Crippen LogP contribution in [0.1, 0.15) is 58.2 Å². The summed E-state index contributed by atoms with van der Waals surface area (Å²) in [7, 11) is 0. The van der Waals surface area contributed by atoms with Gasteiger partial charge in [0.1, 0.15) is 0 Å². The van der Waals surface area contributed by atoms with Crippen molar-refractivity contribution in [1.82, 2.24) is 4.90 Å². The molecule has 0 saturated heterocycles. The van der Waals surface area contributed by atoms with E-state index in [1.807, 2.05) is 0 Å². The average molecular weight is 273 g/mol. The number of benzene rings is 1.